The number of rotatable bonds is 7. The zero-order valence-electron chi connectivity index (χ0n) is 12.0. The summed E-state index contributed by atoms with van der Waals surface area (Å²) in [6.07, 6.45) is 6.99. The molecule has 2 nitrogen and oxygen atoms in total. The number of nitrogens with zero attached hydrogens (tertiary/aromatic N) is 1. The van der Waals surface area contributed by atoms with Crippen molar-refractivity contribution in [3.63, 3.8) is 0 Å². The van der Waals surface area contributed by atoms with Gasteiger partial charge in [0.25, 0.3) is 0 Å². The van der Waals surface area contributed by atoms with Crippen LogP contribution in [0.4, 0.5) is 5.69 Å². The van der Waals surface area contributed by atoms with Crippen molar-refractivity contribution >= 4 is 11.5 Å². The minimum atomic E-state index is 0.327. The number of hydrogen-bond acceptors (Lipinski definition) is 2. The number of anilines is 1. The highest BCUT2D eigenvalue weighted by atomic mass is 16.1. The molecule has 1 fully saturated rings. The molecule has 0 aliphatic heterocycles. The molecule has 19 heavy (non-hydrogen) atoms. The second-order valence-electron chi connectivity index (χ2n) is 5.56. The number of ketones is 1. The quantitative estimate of drug-likeness (QED) is 0.736. The maximum atomic E-state index is 12.4. The summed E-state index contributed by atoms with van der Waals surface area (Å²) in [5, 5.41) is 0. The molecule has 0 aromatic heterocycles. The Kier molecular flexibility index (Phi) is 5.44. The summed E-state index contributed by atoms with van der Waals surface area (Å²) in [5.74, 6) is 0.769. The molecule has 0 bridgehead atoms. The Morgan fingerprint density at radius 1 is 1.21 bits per heavy atom. The molecule has 1 aliphatic carbocycles. The van der Waals surface area contributed by atoms with Gasteiger partial charge in [0.2, 0.25) is 0 Å². The minimum Gasteiger partial charge on any atom is -0.364 e. The molecule has 0 atom stereocenters. The molecule has 0 radical (unpaired) electrons. The lowest BCUT2D eigenvalue weighted by Gasteiger charge is -2.25. The van der Waals surface area contributed by atoms with Gasteiger partial charge in [-0.25, -0.2) is 0 Å². The van der Waals surface area contributed by atoms with Gasteiger partial charge < -0.3 is 4.90 Å². The lowest BCUT2D eigenvalue weighted by atomic mass is 10.0. The van der Waals surface area contributed by atoms with Crippen LogP contribution >= 0.6 is 0 Å². The Bertz CT molecular complexity index is 382. The van der Waals surface area contributed by atoms with E-state index in [1.165, 1.54) is 24.9 Å². The number of benzene rings is 1. The molecule has 1 aromatic carbocycles. The Morgan fingerprint density at radius 2 is 1.89 bits per heavy atom. The molecule has 0 spiro atoms. The molecule has 2 rings (SSSR count). The van der Waals surface area contributed by atoms with E-state index >= 15 is 0 Å². The highest BCUT2D eigenvalue weighted by molar-refractivity contribution is 5.85. The molecular formula is C17H25NO. The van der Waals surface area contributed by atoms with Crippen LogP contribution < -0.4 is 4.90 Å². The molecule has 0 amide bonds. The third kappa shape index (κ3) is 4.09. The monoisotopic (exact) mass is 259 g/mol. The summed E-state index contributed by atoms with van der Waals surface area (Å²) < 4.78 is 0. The summed E-state index contributed by atoms with van der Waals surface area (Å²) in [5.41, 5.74) is 1.18. The molecule has 1 aliphatic rings. The van der Waals surface area contributed by atoms with Gasteiger partial charge in [0, 0.05) is 18.2 Å². The van der Waals surface area contributed by atoms with Crippen LogP contribution in [0.1, 0.15) is 45.4 Å². The van der Waals surface area contributed by atoms with Crippen LogP contribution in [0, 0.1) is 5.92 Å². The molecule has 0 heterocycles. The molecule has 2 heteroatoms. The van der Waals surface area contributed by atoms with Gasteiger partial charge in [0.05, 0.1) is 6.54 Å². The number of hydrogen-bond donors (Lipinski definition) is 0. The predicted molar refractivity (Wildman–Crippen MR) is 80.5 cm³/mol. The third-order valence-electron chi connectivity index (χ3n) is 4.06. The molecule has 0 N–H and O–H groups in total. The smallest absolute Gasteiger partial charge is 0.155 e. The van der Waals surface area contributed by atoms with Crippen molar-refractivity contribution in [2.45, 2.75) is 45.4 Å². The zero-order chi connectivity index (χ0) is 13.5. The lowest BCUT2D eigenvalue weighted by molar-refractivity contribution is -0.121. The number of carbonyl (C=O) groups is 1. The van der Waals surface area contributed by atoms with Crippen LogP contribution in [0.3, 0.4) is 0 Å². The predicted octanol–water partition coefficient (Wildman–Crippen LogP) is 4.05. The second kappa shape index (κ2) is 7.32. The topological polar surface area (TPSA) is 20.3 Å². The normalized spacial score (nSPS) is 15.6. The first kappa shape index (κ1) is 14.1. The number of unbranched alkanes of at least 4 members (excludes halogenated alkanes) is 1. The first-order chi connectivity index (χ1) is 9.31. The Hall–Kier alpha value is -1.31. The van der Waals surface area contributed by atoms with Crippen molar-refractivity contribution < 1.29 is 4.79 Å². The third-order valence-corrected chi connectivity index (χ3v) is 4.06. The van der Waals surface area contributed by atoms with Gasteiger partial charge in [-0.1, -0.05) is 44.4 Å². The van der Waals surface area contributed by atoms with Crippen LogP contribution in [0.2, 0.25) is 0 Å². The van der Waals surface area contributed by atoms with Crippen LogP contribution in [-0.2, 0) is 4.79 Å². The van der Waals surface area contributed by atoms with Crippen molar-refractivity contribution in [1.82, 2.24) is 0 Å². The second-order valence-corrected chi connectivity index (χ2v) is 5.56. The van der Waals surface area contributed by atoms with Crippen LogP contribution in [0.5, 0.6) is 0 Å². The van der Waals surface area contributed by atoms with E-state index in [9.17, 15) is 4.79 Å². The summed E-state index contributed by atoms with van der Waals surface area (Å²) >= 11 is 0. The number of carbonyl (C=O) groups excluding carboxylic acids is 1. The maximum Gasteiger partial charge on any atom is 0.155 e. The van der Waals surface area contributed by atoms with E-state index in [0.29, 0.717) is 18.2 Å². The zero-order valence-corrected chi connectivity index (χ0v) is 12.0. The van der Waals surface area contributed by atoms with E-state index in [4.69, 9.17) is 0 Å². The van der Waals surface area contributed by atoms with Crippen molar-refractivity contribution in [2.24, 2.45) is 5.92 Å². The summed E-state index contributed by atoms with van der Waals surface area (Å²) in [7, 11) is 0. The molecule has 104 valence electrons. The van der Waals surface area contributed by atoms with Crippen LogP contribution in [0.25, 0.3) is 0 Å². The Balaban J connectivity index is 1.99. The molecule has 0 unspecified atom stereocenters. The van der Waals surface area contributed by atoms with E-state index in [2.05, 4.69) is 24.0 Å². The largest absolute Gasteiger partial charge is 0.364 e. The van der Waals surface area contributed by atoms with Gasteiger partial charge >= 0.3 is 0 Å². The summed E-state index contributed by atoms with van der Waals surface area (Å²) in [6, 6.07) is 10.3. The van der Waals surface area contributed by atoms with E-state index in [0.717, 1.165) is 25.8 Å². The van der Waals surface area contributed by atoms with Gasteiger partial charge in [0.15, 0.2) is 5.78 Å². The van der Waals surface area contributed by atoms with Crippen molar-refractivity contribution in [1.29, 1.82) is 0 Å². The van der Waals surface area contributed by atoms with Gasteiger partial charge in [0.1, 0.15) is 0 Å². The van der Waals surface area contributed by atoms with E-state index in [-0.39, 0.29) is 0 Å². The van der Waals surface area contributed by atoms with E-state index < -0.39 is 0 Å². The fourth-order valence-corrected chi connectivity index (χ4v) is 2.85. The van der Waals surface area contributed by atoms with Crippen molar-refractivity contribution in [2.75, 3.05) is 18.0 Å². The fourth-order valence-electron chi connectivity index (χ4n) is 2.85. The first-order valence-electron chi connectivity index (χ1n) is 7.64. The van der Waals surface area contributed by atoms with Crippen molar-refractivity contribution in [3.05, 3.63) is 30.3 Å². The summed E-state index contributed by atoms with van der Waals surface area (Å²) in [4.78, 5) is 14.6. The molecule has 0 saturated heterocycles. The van der Waals surface area contributed by atoms with Gasteiger partial charge in [-0.3, -0.25) is 4.79 Å². The maximum absolute atomic E-state index is 12.4. The minimum absolute atomic E-state index is 0.327. The average molecular weight is 259 g/mol. The van der Waals surface area contributed by atoms with E-state index in [1.807, 2.05) is 18.2 Å². The van der Waals surface area contributed by atoms with Gasteiger partial charge in [-0.15, -0.1) is 0 Å². The number of Topliss-reactive ketones (excluding diaryl/α,β-unsaturated/α-hetero) is 1. The Labute approximate surface area is 116 Å². The highest BCUT2D eigenvalue weighted by Gasteiger charge is 2.24. The number of para-hydroxylation sites is 1. The highest BCUT2D eigenvalue weighted by Crippen LogP contribution is 2.26. The lowest BCUT2D eigenvalue weighted by Crippen LogP contribution is -2.33. The molecule has 1 saturated carbocycles. The molecule has 1 aromatic rings. The molecular weight excluding hydrogens is 234 g/mol. The van der Waals surface area contributed by atoms with Crippen LogP contribution in [0.15, 0.2) is 30.3 Å². The van der Waals surface area contributed by atoms with Gasteiger partial charge in [-0.2, -0.15) is 0 Å². The SMILES string of the molecule is CCCCN(CC(=O)C1CCCC1)c1ccccc1. The fraction of sp³-hybridized carbons (Fsp3) is 0.588. The first-order valence-corrected chi connectivity index (χ1v) is 7.64. The van der Waals surface area contributed by atoms with E-state index in [1.54, 1.807) is 0 Å². The Morgan fingerprint density at radius 3 is 2.53 bits per heavy atom. The van der Waals surface area contributed by atoms with Gasteiger partial charge in [-0.05, 0) is 31.4 Å². The van der Waals surface area contributed by atoms with Crippen molar-refractivity contribution in [3.8, 4) is 0 Å². The average Bonchev–Trinajstić information content (AvgIpc) is 2.98. The summed E-state index contributed by atoms with van der Waals surface area (Å²) in [6.45, 7) is 3.77. The standard InChI is InChI=1S/C17H25NO/c1-2-3-13-18(16-11-5-4-6-12-16)14-17(19)15-9-7-8-10-15/h4-6,11-12,15H,2-3,7-10,13-14H2,1H3. The van der Waals surface area contributed by atoms with Crippen LogP contribution in [-0.4, -0.2) is 18.9 Å².